The number of amides is 1. The number of carbonyl (C=O) groups is 2. The van der Waals surface area contributed by atoms with Gasteiger partial charge in [-0.05, 0) is 47.9 Å². The van der Waals surface area contributed by atoms with Crippen LogP contribution in [0.4, 0.5) is 5.69 Å². The molecule has 1 amide bonds. The monoisotopic (exact) mass is 470 g/mol. The number of esters is 1. The lowest BCUT2D eigenvalue weighted by Gasteiger charge is -2.17. The SMILES string of the molecule is CCOC(=O)c1c(OC)c(=O)n(Cc2cccc(-c3cccc(NC(C)=O)c3)c2)c2ccccc12. The van der Waals surface area contributed by atoms with Gasteiger partial charge >= 0.3 is 5.97 Å². The zero-order chi connectivity index (χ0) is 24.9. The molecule has 0 bridgehead atoms. The summed E-state index contributed by atoms with van der Waals surface area (Å²) in [6.45, 7) is 3.65. The number of fused-ring (bicyclic) bond motifs is 1. The van der Waals surface area contributed by atoms with Crippen LogP contribution in [0.3, 0.4) is 0 Å². The summed E-state index contributed by atoms with van der Waals surface area (Å²) >= 11 is 0. The fourth-order valence-corrected chi connectivity index (χ4v) is 4.15. The smallest absolute Gasteiger partial charge is 0.342 e. The number of para-hydroxylation sites is 1. The second-order valence-corrected chi connectivity index (χ2v) is 8.00. The molecule has 0 radical (unpaired) electrons. The van der Waals surface area contributed by atoms with Crippen molar-refractivity contribution in [2.75, 3.05) is 19.0 Å². The van der Waals surface area contributed by atoms with Crippen molar-refractivity contribution in [3.8, 4) is 16.9 Å². The van der Waals surface area contributed by atoms with Crippen LogP contribution in [-0.2, 0) is 16.1 Å². The minimum absolute atomic E-state index is 0.0405. The Balaban J connectivity index is 1.80. The first-order valence-corrected chi connectivity index (χ1v) is 11.3. The summed E-state index contributed by atoms with van der Waals surface area (Å²) in [5.74, 6) is -0.769. The third-order valence-electron chi connectivity index (χ3n) is 5.60. The Hall–Kier alpha value is -4.39. The van der Waals surface area contributed by atoms with E-state index in [9.17, 15) is 14.4 Å². The van der Waals surface area contributed by atoms with E-state index in [1.807, 2.05) is 60.7 Å². The van der Waals surface area contributed by atoms with Crippen molar-refractivity contribution < 1.29 is 19.1 Å². The summed E-state index contributed by atoms with van der Waals surface area (Å²) < 4.78 is 12.2. The lowest BCUT2D eigenvalue weighted by atomic mass is 10.0. The van der Waals surface area contributed by atoms with E-state index in [0.29, 0.717) is 16.6 Å². The van der Waals surface area contributed by atoms with Crippen molar-refractivity contribution in [2.45, 2.75) is 20.4 Å². The highest BCUT2D eigenvalue weighted by Gasteiger charge is 2.23. The van der Waals surface area contributed by atoms with Crippen LogP contribution in [0.25, 0.3) is 22.0 Å². The molecule has 0 saturated carbocycles. The topological polar surface area (TPSA) is 86.6 Å². The van der Waals surface area contributed by atoms with Crippen molar-refractivity contribution in [1.82, 2.24) is 4.57 Å². The third kappa shape index (κ3) is 4.94. The van der Waals surface area contributed by atoms with Gasteiger partial charge in [0.05, 0.1) is 25.8 Å². The Morgan fingerprint density at radius 2 is 1.66 bits per heavy atom. The zero-order valence-corrected chi connectivity index (χ0v) is 19.8. The lowest BCUT2D eigenvalue weighted by molar-refractivity contribution is -0.114. The van der Waals surface area contributed by atoms with Crippen LogP contribution in [0.2, 0.25) is 0 Å². The summed E-state index contributed by atoms with van der Waals surface area (Å²) in [7, 11) is 1.38. The van der Waals surface area contributed by atoms with Gasteiger partial charge in [0.2, 0.25) is 5.91 Å². The Morgan fingerprint density at radius 1 is 0.943 bits per heavy atom. The quantitative estimate of drug-likeness (QED) is 0.390. The van der Waals surface area contributed by atoms with E-state index in [-0.39, 0.29) is 30.4 Å². The average molecular weight is 471 g/mol. The van der Waals surface area contributed by atoms with Crippen molar-refractivity contribution in [2.24, 2.45) is 0 Å². The van der Waals surface area contributed by atoms with Gasteiger partial charge < -0.3 is 19.4 Å². The first kappa shape index (κ1) is 23.8. The number of benzene rings is 3. The van der Waals surface area contributed by atoms with E-state index in [1.54, 1.807) is 23.6 Å². The molecular formula is C28H26N2O5. The van der Waals surface area contributed by atoms with Gasteiger partial charge in [-0.25, -0.2) is 4.79 Å². The Bertz CT molecular complexity index is 1470. The van der Waals surface area contributed by atoms with Crippen LogP contribution < -0.4 is 15.6 Å². The Kier molecular flexibility index (Phi) is 6.96. The molecular weight excluding hydrogens is 444 g/mol. The van der Waals surface area contributed by atoms with Crippen LogP contribution in [0.15, 0.2) is 77.6 Å². The van der Waals surface area contributed by atoms with Crippen LogP contribution in [0.5, 0.6) is 5.75 Å². The standard InChI is InChI=1S/C28H26N2O5/c1-4-35-28(33)25-23-13-5-6-14-24(23)30(27(32)26(25)34-3)17-19-9-7-10-20(15-19)21-11-8-12-22(16-21)29-18(2)31/h5-16H,4,17H2,1-3H3,(H,29,31). The molecule has 1 N–H and O–H groups in total. The molecule has 0 unspecified atom stereocenters. The Morgan fingerprint density at radius 3 is 2.37 bits per heavy atom. The molecule has 1 aromatic heterocycles. The summed E-state index contributed by atoms with van der Waals surface area (Å²) in [6, 6.07) is 22.6. The minimum atomic E-state index is -0.592. The fourth-order valence-electron chi connectivity index (χ4n) is 4.15. The molecule has 4 aromatic rings. The molecule has 1 heterocycles. The first-order valence-electron chi connectivity index (χ1n) is 11.3. The lowest BCUT2D eigenvalue weighted by Crippen LogP contribution is -2.26. The Labute approximate surface area is 202 Å². The van der Waals surface area contributed by atoms with E-state index in [2.05, 4.69) is 5.32 Å². The number of carbonyl (C=O) groups excluding carboxylic acids is 2. The van der Waals surface area contributed by atoms with Crippen LogP contribution in [0.1, 0.15) is 29.8 Å². The molecule has 0 aliphatic carbocycles. The van der Waals surface area contributed by atoms with Gasteiger partial charge in [-0.2, -0.15) is 0 Å². The first-order chi connectivity index (χ1) is 16.9. The molecule has 0 aliphatic rings. The van der Waals surface area contributed by atoms with E-state index < -0.39 is 11.5 Å². The van der Waals surface area contributed by atoms with Gasteiger partial charge in [0.15, 0.2) is 5.75 Å². The second kappa shape index (κ2) is 10.3. The van der Waals surface area contributed by atoms with E-state index in [1.165, 1.54) is 14.0 Å². The molecule has 0 atom stereocenters. The summed E-state index contributed by atoms with van der Waals surface area (Å²) in [5, 5.41) is 3.38. The van der Waals surface area contributed by atoms with Crippen molar-refractivity contribution >= 4 is 28.5 Å². The summed E-state index contributed by atoms with van der Waals surface area (Å²) in [5.41, 5.74) is 3.82. The van der Waals surface area contributed by atoms with Crippen molar-refractivity contribution in [3.05, 3.63) is 94.3 Å². The highest BCUT2D eigenvalue weighted by molar-refractivity contribution is 6.06. The molecule has 35 heavy (non-hydrogen) atoms. The third-order valence-corrected chi connectivity index (χ3v) is 5.60. The molecule has 0 aliphatic heterocycles. The highest BCUT2D eigenvalue weighted by atomic mass is 16.5. The normalized spacial score (nSPS) is 10.7. The number of pyridine rings is 1. The number of nitrogens with one attached hydrogen (secondary N) is 1. The fraction of sp³-hybridized carbons (Fsp3) is 0.179. The summed E-state index contributed by atoms with van der Waals surface area (Å²) in [4.78, 5) is 37.5. The van der Waals surface area contributed by atoms with Gasteiger partial charge in [-0.3, -0.25) is 9.59 Å². The van der Waals surface area contributed by atoms with Gasteiger partial charge in [0.1, 0.15) is 5.56 Å². The number of hydrogen-bond acceptors (Lipinski definition) is 5. The number of ether oxygens (including phenoxy) is 2. The van der Waals surface area contributed by atoms with Crippen LogP contribution in [-0.4, -0.2) is 30.2 Å². The zero-order valence-electron chi connectivity index (χ0n) is 19.8. The molecule has 3 aromatic carbocycles. The van der Waals surface area contributed by atoms with Gasteiger partial charge in [0, 0.05) is 18.0 Å². The second-order valence-electron chi connectivity index (χ2n) is 8.00. The largest absolute Gasteiger partial charge is 0.490 e. The number of nitrogens with zero attached hydrogens (tertiary/aromatic N) is 1. The number of anilines is 1. The average Bonchev–Trinajstić information content (AvgIpc) is 2.85. The number of hydrogen-bond donors (Lipinski definition) is 1. The minimum Gasteiger partial charge on any atom is -0.490 e. The van der Waals surface area contributed by atoms with Gasteiger partial charge in [0.25, 0.3) is 5.56 Å². The number of methoxy groups -OCH3 is 1. The maximum absolute atomic E-state index is 13.4. The maximum Gasteiger partial charge on any atom is 0.342 e. The molecule has 4 rings (SSSR count). The summed E-state index contributed by atoms with van der Waals surface area (Å²) in [6.07, 6.45) is 0. The van der Waals surface area contributed by atoms with Gasteiger partial charge in [-0.15, -0.1) is 0 Å². The molecule has 7 nitrogen and oxygen atoms in total. The van der Waals surface area contributed by atoms with Crippen molar-refractivity contribution in [3.63, 3.8) is 0 Å². The molecule has 0 saturated heterocycles. The highest BCUT2D eigenvalue weighted by Crippen LogP contribution is 2.28. The molecule has 7 heteroatoms. The molecule has 0 fully saturated rings. The maximum atomic E-state index is 13.4. The van der Waals surface area contributed by atoms with E-state index in [0.717, 1.165) is 16.7 Å². The molecule has 178 valence electrons. The van der Waals surface area contributed by atoms with Crippen LogP contribution in [0, 0.1) is 0 Å². The van der Waals surface area contributed by atoms with E-state index >= 15 is 0 Å². The number of aromatic nitrogens is 1. The molecule has 0 spiro atoms. The number of rotatable bonds is 7. The predicted molar refractivity (Wildman–Crippen MR) is 136 cm³/mol. The predicted octanol–water partition coefficient (Wildman–Crippen LogP) is 4.86. The van der Waals surface area contributed by atoms with Crippen molar-refractivity contribution in [1.29, 1.82) is 0 Å². The van der Waals surface area contributed by atoms with E-state index in [4.69, 9.17) is 9.47 Å². The van der Waals surface area contributed by atoms with Crippen LogP contribution >= 0.6 is 0 Å². The van der Waals surface area contributed by atoms with Gasteiger partial charge in [-0.1, -0.05) is 48.5 Å².